The van der Waals surface area contributed by atoms with Crippen molar-refractivity contribution in [3.05, 3.63) is 11.9 Å². The maximum absolute atomic E-state index is 12.0. The number of amides is 1. The van der Waals surface area contributed by atoms with E-state index in [-0.39, 0.29) is 11.9 Å². The maximum Gasteiger partial charge on any atom is 0.237 e. The standard InChI is InChI=1S/C12H21N5O/c1-10(17-7-3-2-4-8-17)12(18)13-6-5-11-9-14-16-15-11/h9-10H,2-8H2,1H3,(H,13,18)(H,14,15,16). The van der Waals surface area contributed by atoms with E-state index >= 15 is 0 Å². The number of carbonyl (C=O) groups is 1. The number of likely N-dealkylation sites (tertiary alicyclic amines) is 1. The van der Waals surface area contributed by atoms with Gasteiger partial charge in [-0.15, -0.1) is 0 Å². The third kappa shape index (κ3) is 3.53. The molecule has 18 heavy (non-hydrogen) atoms. The fourth-order valence-corrected chi connectivity index (χ4v) is 2.28. The fourth-order valence-electron chi connectivity index (χ4n) is 2.28. The molecular formula is C12H21N5O. The molecule has 1 aliphatic heterocycles. The van der Waals surface area contributed by atoms with Crippen LogP contribution in [0.2, 0.25) is 0 Å². The Kier molecular flexibility index (Phi) is 4.69. The molecule has 2 heterocycles. The normalized spacial score (nSPS) is 18.5. The van der Waals surface area contributed by atoms with Gasteiger partial charge in [0.1, 0.15) is 0 Å². The third-order valence-corrected chi connectivity index (χ3v) is 3.46. The summed E-state index contributed by atoms with van der Waals surface area (Å²) in [4.78, 5) is 14.2. The molecular weight excluding hydrogens is 230 g/mol. The number of H-pyrrole nitrogens is 1. The number of hydrogen-bond acceptors (Lipinski definition) is 4. The highest BCUT2D eigenvalue weighted by Crippen LogP contribution is 2.11. The Balaban J connectivity index is 1.70. The van der Waals surface area contributed by atoms with Crippen LogP contribution in [0, 0.1) is 0 Å². The van der Waals surface area contributed by atoms with Crippen molar-refractivity contribution in [2.24, 2.45) is 0 Å². The molecule has 2 N–H and O–H groups in total. The van der Waals surface area contributed by atoms with Gasteiger partial charge in [-0.3, -0.25) is 9.69 Å². The predicted octanol–water partition coefficient (Wildman–Crippen LogP) is 0.338. The molecule has 0 radical (unpaired) electrons. The van der Waals surface area contributed by atoms with Crippen LogP contribution >= 0.6 is 0 Å². The lowest BCUT2D eigenvalue weighted by Crippen LogP contribution is -2.47. The van der Waals surface area contributed by atoms with Gasteiger partial charge in [0.2, 0.25) is 5.91 Å². The smallest absolute Gasteiger partial charge is 0.237 e. The van der Waals surface area contributed by atoms with Crippen LogP contribution in [0.15, 0.2) is 6.20 Å². The van der Waals surface area contributed by atoms with Gasteiger partial charge in [0.05, 0.1) is 17.9 Å². The van der Waals surface area contributed by atoms with Gasteiger partial charge in [-0.25, -0.2) is 0 Å². The van der Waals surface area contributed by atoms with Gasteiger partial charge in [0.15, 0.2) is 0 Å². The molecule has 1 aromatic heterocycles. The van der Waals surface area contributed by atoms with Gasteiger partial charge in [-0.2, -0.15) is 15.4 Å². The second kappa shape index (κ2) is 6.49. The maximum atomic E-state index is 12.0. The summed E-state index contributed by atoms with van der Waals surface area (Å²) < 4.78 is 0. The zero-order chi connectivity index (χ0) is 12.8. The first-order valence-electron chi connectivity index (χ1n) is 6.64. The number of nitrogens with zero attached hydrogens (tertiary/aromatic N) is 3. The number of carbonyl (C=O) groups excluding carboxylic acids is 1. The van der Waals surface area contributed by atoms with E-state index in [0.717, 1.165) is 25.2 Å². The predicted molar refractivity (Wildman–Crippen MR) is 68.0 cm³/mol. The molecule has 0 spiro atoms. The molecule has 0 aliphatic carbocycles. The highest BCUT2D eigenvalue weighted by molar-refractivity contribution is 5.81. The largest absolute Gasteiger partial charge is 0.354 e. The quantitative estimate of drug-likeness (QED) is 0.791. The van der Waals surface area contributed by atoms with E-state index in [4.69, 9.17) is 0 Å². The van der Waals surface area contributed by atoms with E-state index in [1.54, 1.807) is 6.20 Å². The molecule has 1 aromatic rings. The van der Waals surface area contributed by atoms with Crippen molar-refractivity contribution < 1.29 is 4.79 Å². The minimum atomic E-state index is -0.0254. The molecule has 1 amide bonds. The molecule has 0 bridgehead atoms. The number of aromatic nitrogens is 3. The van der Waals surface area contributed by atoms with Gasteiger partial charge in [-0.1, -0.05) is 6.42 Å². The summed E-state index contributed by atoms with van der Waals surface area (Å²) >= 11 is 0. The molecule has 1 aliphatic rings. The first-order valence-corrected chi connectivity index (χ1v) is 6.64. The van der Waals surface area contributed by atoms with Crippen LogP contribution < -0.4 is 5.32 Å². The van der Waals surface area contributed by atoms with E-state index in [1.165, 1.54) is 19.3 Å². The molecule has 1 unspecified atom stereocenters. The average molecular weight is 251 g/mol. The van der Waals surface area contributed by atoms with Crippen molar-refractivity contribution in [3.8, 4) is 0 Å². The van der Waals surface area contributed by atoms with Gasteiger partial charge < -0.3 is 5.32 Å². The Hall–Kier alpha value is -1.43. The Morgan fingerprint density at radius 2 is 2.28 bits per heavy atom. The summed E-state index contributed by atoms with van der Waals surface area (Å²) in [5, 5.41) is 13.2. The Morgan fingerprint density at radius 1 is 1.50 bits per heavy atom. The monoisotopic (exact) mass is 251 g/mol. The number of rotatable bonds is 5. The van der Waals surface area contributed by atoms with Crippen LogP contribution in [0.3, 0.4) is 0 Å². The fraction of sp³-hybridized carbons (Fsp3) is 0.750. The highest BCUT2D eigenvalue weighted by atomic mass is 16.2. The molecule has 0 aromatic carbocycles. The molecule has 1 saturated heterocycles. The second-order valence-electron chi connectivity index (χ2n) is 4.77. The summed E-state index contributed by atoms with van der Waals surface area (Å²) in [7, 11) is 0. The van der Waals surface area contributed by atoms with E-state index in [9.17, 15) is 4.79 Å². The number of aromatic amines is 1. The van der Waals surface area contributed by atoms with Crippen LogP contribution in [0.5, 0.6) is 0 Å². The SMILES string of the molecule is CC(C(=O)NCCc1cn[nH]n1)N1CCCCC1. The average Bonchev–Trinajstić information content (AvgIpc) is 2.92. The van der Waals surface area contributed by atoms with Gasteiger partial charge in [-0.05, 0) is 32.9 Å². The van der Waals surface area contributed by atoms with Crippen LogP contribution in [0.4, 0.5) is 0 Å². The van der Waals surface area contributed by atoms with Crippen molar-refractivity contribution in [2.45, 2.75) is 38.6 Å². The van der Waals surface area contributed by atoms with Crippen molar-refractivity contribution in [2.75, 3.05) is 19.6 Å². The summed E-state index contributed by atoms with van der Waals surface area (Å²) in [6.07, 6.45) is 6.10. The van der Waals surface area contributed by atoms with E-state index < -0.39 is 0 Å². The number of hydrogen-bond donors (Lipinski definition) is 2. The summed E-state index contributed by atoms with van der Waals surface area (Å²) in [6, 6.07) is -0.0254. The number of nitrogens with one attached hydrogen (secondary N) is 2. The lowest BCUT2D eigenvalue weighted by Gasteiger charge is -2.31. The minimum Gasteiger partial charge on any atom is -0.354 e. The lowest BCUT2D eigenvalue weighted by molar-refractivity contribution is -0.126. The first-order chi connectivity index (χ1) is 8.77. The molecule has 1 fully saturated rings. The second-order valence-corrected chi connectivity index (χ2v) is 4.77. The van der Waals surface area contributed by atoms with Crippen LogP contribution in [-0.4, -0.2) is 51.9 Å². The Labute approximate surface area is 107 Å². The Bertz CT molecular complexity index is 359. The Morgan fingerprint density at radius 3 is 2.94 bits per heavy atom. The summed E-state index contributed by atoms with van der Waals surface area (Å²) in [6.45, 7) is 4.68. The molecule has 2 rings (SSSR count). The van der Waals surface area contributed by atoms with Crippen molar-refractivity contribution in [1.82, 2.24) is 25.6 Å². The topological polar surface area (TPSA) is 73.9 Å². The molecule has 6 heteroatoms. The van der Waals surface area contributed by atoms with Crippen molar-refractivity contribution in [1.29, 1.82) is 0 Å². The van der Waals surface area contributed by atoms with Gasteiger partial charge >= 0.3 is 0 Å². The van der Waals surface area contributed by atoms with Crippen LogP contribution in [-0.2, 0) is 11.2 Å². The zero-order valence-electron chi connectivity index (χ0n) is 10.9. The minimum absolute atomic E-state index is 0.0254. The van der Waals surface area contributed by atoms with E-state index in [0.29, 0.717) is 6.54 Å². The van der Waals surface area contributed by atoms with Crippen molar-refractivity contribution >= 4 is 5.91 Å². The van der Waals surface area contributed by atoms with Crippen LogP contribution in [0.1, 0.15) is 31.9 Å². The zero-order valence-corrected chi connectivity index (χ0v) is 10.9. The van der Waals surface area contributed by atoms with Gasteiger partial charge in [0.25, 0.3) is 0 Å². The van der Waals surface area contributed by atoms with Crippen molar-refractivity contribution in [3.63, 3.8) is 0 Å². The lowest BCUT2D eigenvalue weighted by atomic mass is 10.1. The summed E-state index contributed by atoms with van der Waals surface area (Å²) in [5.74, 6) is 0.111. The van der Waals surface area contributed by atoms with Crippen LogP contribution in [0.25, 0.3) is 0 Å². The molecule has 6 nitrogen and oxygen atoms in total. The molecule has 0 saturated carbocycles. The van der Waals surface area contributed by atoms with E-state index in [1.807, 2.05) is 6.92 Å². The number of piperidine rings is 1. The highest BCUT2D eigenvalue weighted by Gasteiger charge is 2.22. The third-order valence-electron chi connectivity index (χ3n) is 3.46. The first kappa shape index (κ1) is 13.0. The van der Waals surface area contributed by atoms with E-state index in [2.05, 4.69) is 25.6 Å². The summed E-state index contributed by atoms with van der Waals surface area (Å²) in [5.41, 5.74) is 0.876. The van der Waals surface area contributed by atoms with Gasteiger partial charge in [0, 0.05) is 13.0 Å². The molecule has 100 valence electrons. The molecule has 1 atom stereocenters.